The van der Waals surface area contributed by atoms with Crippen molar-refractivity contribution in [2.45, 2.75) is 19.4 Å². The highest BCUT2D eigenvalue weighted by Gasteiger charge is 2.30. The van der Waals surface area contributed by atoms with Crippen LogP contribution in [0.15, 0.2) is 42.5 Å². The highest BCUT2D eigenvalue weighted by molar-refractivity contribution is 6.42. The fourth-order valence-corrected chi connectivity index (χ4v) is 4.87. The summed E-state index contributed by atoms with van der Waals surface area (Å²) >= 11 is 12.2. The zero-order valence-electron chi connectivity index (χ0n) is 17.9. The minimum atomic E-state index is 0.128. The van der Waals surface area contributed by atoms with E-state index in [4.69, 9.17) is 27.9 Å². The number of nitrogens with zero attached hydrogens (tertiary/aromatic N) is 3. The number of carbonyl (C=O) groups is 1. The molecule has 2 aromatic rings. The number of amides is 1. The molecule has 5 nitrogen and oxygen atoms in total. The van der Waals surface area contributed by atoms with Crippen molar-refractivity contribution in [1.82, 2.24) is 9.80 Å². The third-order valence-corrected chi connectivity index (χ3v) is 7.08. The molecule has 0 bridgehead atoms. The van der Waals surface area contributed by atoms with Crippen LogP contribution in [0.2, 0.25) is 10.0 Å². The Labute approximate surface area is 194 Å². The number of halogens is 2. The summed E-state index contributed by atoms with van der Waals surface area (Å²) in [6.45, 7) is 5.90. The van der Waals surface area contributed by atoms with Crippen LogP contribution in [0.3, 0.4) is 0 Å². The molecule has 0 spiro atoms. The van der Waals surface area contributed by atoms with E-state index in [0.717, 1.165) is 75.7 Å². The van der Waals surface area contributed by atoms with Gasteiger partial charge in [-0.05, 0) is 55.8 Å². The highest BCUT2D eigenvalue weighted by Crippen LogP contribution is 2.29. The first kappa shape index (κ1) is 22.3. The van der Waals surface area contributed by atoms with Crippen molar-refractivity contribution < 1.29 is 9.53 Å². The number of likely N-dealkylation sites (tertiary alicyclic amines) is 1. The summed E-state index contributed by atoms with van der Waals surface area (Å²) < 4.78 is 5.49. The molecule has 2 aliphatic rings. The molecule has 7 heteroatoms. The smallest absolute Gasteiger partial charge is 0.225 e. The fraction of sp³-hybridized carbons (Fsp3) is 0.458. The van der Waals surface area contributed by atoms with Crippen molar-refractivity contribution in [3.05, 3.63) is 58.1 Å². The van der Waals surface area contributed by atoms with Crippen molar-refractivity contribution in [2.75, 3.05) is 51.3 Å². The summed E-state index contributed by atoms with van der Waals surface area (Å²) in [6, 6.07) is 13.9. The second kappa shape index (κ2) is 10.1. The largest absolute Gasteiger partial charge is 0.495 e. The van der Waals surface area contributed by atoms with Gasteiger partial charge in [0, 0.05) is 38.6 Å². The van der Waals surface area contributed by atoms with Gasteiger partial charge in [-0.25, -0.2) is 0 Å². The number of carbonyl (C=O) groups excluding carboxylic acids is 1. The van der Waals surface area contributed by atoms with Crippen LogP contribution in [0, 0.1) is 5.92 Å². The quantitative estimate of drug-likeness (QED) is 0.653. The first-order valence-electron chi connectivity index (χ1n) is 10.9. The molecule has 0 aromatic heterocycles. The van der Waals surface area contributed by atoms with Gasteiger partial charge in [0.1, 0.15) is 5.75 Å². The van der Waals surface area contributed by atoms with Crippen LogP contribution >= 0.6 is 23.2 Å². The second-order valence-corrected chi connectivity index (χ2v) is 9.10. The molecular formula is C24H29Cl2N3O2. The predicted octanol–water partition coefficient (Wildman–Crippen LogP) is 4.56. The molecule has 1 amide bonds. The maximum atomic E-state index is 13.1. The third-order valence-electron chi connectivity index (χ3n) is 6.34. The average Bonchev–Trinajstić information content (AvgIpc) is 2.81. The van der Waals surface area contributed by atoms with Gasteiger partial charge in [0.05, 0.1) is 22.8 Å². The molecule has 2 heterocycles. The Morgan fingerprint density at radius 2 is 1.68 bits per heavy atom. The van der Waals surface area contributed by atoms with Gasteiger partial charge in [-0.15, -0.1) is 0 Å². The Kier molecular flexibility index (Phi) is 7.26. The van der Waals surface area contributed by atoms with E-state index in [9.17, 15) is 4.79 Å². The molecule has 0 unspecified atom stereocenters. The molecular weight excluding hydrogens is 433 g/mol. The SMILES string of the molecule is COc1ccccc1N1CCN(C(=O)C2CCN(Cc3ccc(Cl)c(Cl)c3)CC2)CC1. The number of methoxy groups -OCH3 is 1. The number of hydrogen-bond acceptors (Lipinski definition) is 4. The maximum absolute atomic E-state index is 13.1. The first-order valence-corrected chi connectivity index (χ1v) is 11.6. The minimum absolute atomic E-state index is 0.128. The number of anilines is 1. The summed E-state index contributed by atoms with van der Waals surface area (Å²) in [5.74, 6) is 1.33. The number of piperazine rings is 1. The average molecular weight is 462 g/mol. The molecule has 166 valence electrons. The zero-order chi connectivity index (χ0) is 21.8. The van der Waals surface area contributed by atoms with Crippen molar-refractivity contribution in [3.8, 4) is 5.75 Å². The van der Waals surface area contributed by atoms with Gasteiger partial charge in [-0.3, -0.25) is 9.69 Å². The highest BCUT2D eigenvalue weighted by atomic mass is 35.5. The molecule has 4 rings (SSSR count). The van der Waals surface area contributed by atoms with Crippen molar-refractivity contribution in [2.24, 2.45) is 5.92 Å². The lowest BCUT2D eigenvalue weighted by atomic mass is 9.94. The summed E-state index contributed by atoms with van der Waals surface area (Å²) in [4.78, 5) is 19.8. The van der Waals surface area contributed by atoms with Gasteiger partial charge in [0.2, 0.25) is 5.91 Å². The Morgan fingerprint density at radius 1 is 0.968 bits per heavy atom. The summed E-state index contributed by atoms with van der Waals surface area (Å²) in [5.41, 5.74) is 2.26. The predicted molar refractivity (Wildman–Crippen MR) is 126 cm³/mol. The third kappa shape index (κ3) is 5.28. The Balaban J connectivity index is 1.26. The maximum Gasteiger partial charge on any atom is 0.225 e. The number of ether oxygens (including phenoxy) is 1. The van der Waals surface area contributed by atoms with E-state index in [1.54, 1.807) is 7.11 Å². The molecule has 0 aliphatic carbocycles. The Hall–Kier alpha value is -1.95. The molecule has 2 aromatic carbocycles. The van der Waals surface area contributed by atoms with Crippen LogP contribution in [0.25, 0.3) is 0 Å². The number of piperidine rings is 1. The van der Waals surface area contributed by atoms with Crippen LogP contribution < -0.4 is 9.64 Å². The van der Waals surface area contributed by atoms with Gasteiger partial charge in [-0.1, -0.05) is 41.4 Å². The Bertz CT molecular complexity index is 907. The number of hydrogen-bond donors (Lipinski definition) is 0. The van der Waals surface area contributed by atoms with Crippen molar-refractivity contribution >= 4 is 34.8 Å². The molecule has 2 fully saturated rings. The van der Waals surface area contributed by atoms with Crippen LogP contribution in [-0.4, -0.2) is 62.1 Å². The monoisotopic (exact) mass is 461 g/mol. The van der Waals surface area contributed by atoms with E-state index in [1.807, 2.05) is 41.3 Å². The van der Waals surface area contributed by atoms with E-state index in [1.165, 1.54) is 0 Å². The van der Waals surface area contributed by atoms with E-state index < -0.39 is 0 Å². The minimum Gasteiger partial charge on any atom is -0.495 e. The molecule has 0 N–H and O–H groups in total. The van der Waals surface area contributed by atoms with Crippen molar-refractivity contribution in [1.29, 1.82) is 0 Å². The lowest BCUT2D eigenvalue weighted by Gasteiger charge is -2.39. The van der Waals surface area contributed by atoms with Crippen LogP contribution in [0.4, 0.5) is 5.69 Å². The molecule has 31 heavy (non-hydrogen) atoms. The van der Waals surface area contributed by atoms with E-state index >= 15 is 0 Å². The lowest BCUT2D eigenvalue weighted by molar-refractivity contribution is -0.137. The van der Waals surface area contributed by atoms with Crippen LogP contribution in [0.5, 0.6) is 5.75 Å². The number of rotatable bonds is 5. The van der Waals surface area contributed by atoms with E-state index in [2.05, 4.69) is 15.9 Å². The number of benzene rings is 2. The summed E-state index contributed by atoms with van der Waals surface area (Å²) in [5, 5.41) is 1.18. The summed E-state index contributed by atoms with van der Waals surface area (Å²) in [6.07, 6.45) is 1.82. The normalized spacial score (nSPS) is 18.3. The molecule has 0 radical (unpaired) electrons. The number of para-hydroxylation sites is 2. The molecule has 0 saturated carbocycles. The fourth-order valence-electron chi connectivity index (χ4n) is 4.55. The Morgan fingerprint density at radius 3 is 2.35 bits per heavy atom. The zero-order valence-corrected chi connectivity index (χ0v) is 19.4. The van der Waals surface area contributed by atoms with E-state index in [0.29, 0.717) is 16.0 Å². The van der Waals surface area contributed by atoms with Crippen LogP contribution in [0.1, 0.15) is 18.4 Å². The van der Waals surface area contributed by atoms with Gasteiger partial charge >= 0.3 is 0 Å². The van der Waals surface area contributed by atoms with Gasteiger partial charge in [0.25, 0.3) is 0 Å². The second-order valence-electron chi connectivity index (χ2n) is 8.28. The summed E-state index contributed by atoms with van der Waals surface area (Å²) in [7, 11) is 1.70. The van der Waals surface area contributed by atoms with Crippen molar-refractivity contribution in [3.63, 3.8) is 0 Å². The van der Waals surface area contributed by atoms with Gasteiger partial charge in [-0.2, -0.15) is 0 Å². The van der Waals surface area contributed by atoms with Crippen LogP contribution in [-0.2, 0) is 11.3 Å². The topological polar surface area (TPSA) is 36.0 Å². The van der Waals surface area contributed by atoms with E-state index in [-0.39, 0.29) is 5.92 Å². The van der Waals surface area contributed by atoms with Gasteiger partial charge in [0.15, 0.2) is 0 Å². The lowest BCUT2D eigenvalue weighted by Crippen LogP contribution is -2.51. The first-order chi connectivity index (χ1) is 15.0. The van der Waals surface area contributed by atoms with Gasteiger partial charge < -0.3 is 14.5 Å². The molecule has 2 aliphatic heterocycles. The molecule has 0 atom stereocenters. The molecule has 2 saturated heterocycles. The standard InChI is InChI=1S/C24H29Cl2N3O2/c1-31-23-5-3-2-4-22(23)28-12-14-29(15-13-28)24(30)19-8-10-27(11-9-19)17-18-6-7-20(25)21(26)16-18/h2-7,16,19H,8-15,17H2,1H3.